The van der Waals surface area contributed by atoms with Crippen LogP contribution in [0.3, 0.4) is 0 Å². The van der Waals surface area contributed by atoms with Crippen LogP contribution in [0.5, 0.6) is 0 Å². The zero-order valence-electron chi connectivity index (χ0n) is 16.2. The normalized spacial score (nSPS) is 14.6. The maximum Gasteiger partial charge on any atom is 0.433 e. The van der Waals surface area contributed by atoms with E-state index in [4.69, 9.17) is 11.6 Å². The molecule has 0 atom stereocenters. The molecule has 6 nitrogen and oxygen atoms in total. The number of carbonyl (C=O) groups is 1. The molecular weight excluding hydrogens is 431 g/mol. The van der Waals surface area contributed by atoms with E-state index in [0.29, 0.717) is 42.3 Å². The summed E-state index contributed by atoms with van der Waals surface area (Å²) in [6, 6.07) is 10.7. The van der Waals surface area contributed by atoms with Crippen molar-refractivity contribution in [2.24, 2.45) is 0 Å². The number of nitrogens with zero attached hydrogens (tertiary/aromatic N) is 5. The van der Waals surface area contributed by atoms with E-state index < -0.39 is 11.9 Å². The lowest BCUT2D eigenvalue weighted by Crippen LogP contribution is -2.49. The van der Waals surface area contributed by atoms with Gasteiger partial charge >= 0.3 is 6.18 Å². The number of halogens is 4. The maximum absolute atomic E-state index is 13.4. The number of benzene rings is 1. The van der Waals surface area contributed by atoms with Crippen molar-refractivity contribution in [3.05, 3.63) is 71.1 Å². The van der Waals surface area contributed by atoms with Gasteiger partial charge in [0.05, 0.1) is 0 Å². The molecule has 4 rings (SSSR count). The van der Waals surface area contributed by atoms with Crippen LogP contribution in [0.4, 0.5) is 19.0 Å². The van der Waals surface area contributed by atoms with E-state index in [1.165, 1.54) is 12.4 Å². The van der Waals surface area contributed by atoms with E-state index in [-0.39, 0.29) is 17.5 Å². The predicted octanol–water partition coefficient (Wildman–Crippen LogP) is 4.17. The van der Waals surface area contributed by atoms with Gasteiger partial charge in [-0.15, -0.1) is 0 Å². The molecule has 0 saturated carbocycles. The lowest BCUT2D eigenvalue weighted by atomic mass is 10.2. The van der Waals surface area contributed by atoms with Crippen LogP contribution < -0.4 is 4.90 Å². The molecule has 10 heteroatoms. The van der Waals surface area contributed by atoms with Gasteiger partial charge in [0.1, 0.15) is 5.82 Å². The SMILES string of the molecule is O=C(c1ccc(Cl)cc1)N1CCN(c2cc(C(F)(F)F)nc(-c3ccncc3)n2)CC1. The van der Waals surface area contributed by atoms with Gasteiger partial charge in [-0.3, -0.25) is 9.78 Å². The third-order valence-corrected chi connectivity index (χ3v) is 5.18. The van der Waals surface area contributed by atoms with E-state index >= 15 is 0 Å². The number of rotatable bonds is 3. The summed E-state index contributed by atoms with van der Waals surface area (Å²) in [7, 11) is 0. The third-order valence-electron chi connectivity index (χ3n) is 4.92. The average Bonchev–Trinajstić information content (AvgIpc) is 2.79. The van der Waals surface area contributed by atoms with Gasteiger partial charge in [0, 0.05) is 60.8 Å². The second kappa shape index (κ2) is 8.50. The number of amides is 1. The molecule has 0 spiro atoms. The second-order valence-corrected chi connectivity index (χ2v) is 7.39. The average molecular weight is 448 g/mol. The number of carbonyl (C=O) groups excluding carboxylic acids is 1. The van der Waals surface area contributed by atoms with Gasteiger partial charge in [0.25, 0.3) is 5.91 Å². The number of aromatic nitrogens is 3. The monoisotopic (exact) mass is 447 g/mol. The minimum Gasteiger partial charge on any atom is -0.353 e. The molecule has 1 aromatic carbocycles. The van der Waals surface area contributed by atoms with E-state index in [0.717, 1.165) is 6.07 Å². The molecule has 1 aliphatic heterocycles. The Morgan fingerprint density at radius 1 is 0.935 bits per heavy atom. The van der Waals surface area contributed by atoms with Crippen molar-refractivity contribution in [1.29, 1.82) is 0 Å². The summed E-state index contributed by atoms with van der Waals surface area (Å²) in [6.07, 6.45) is -1.66. The van der Waals surface area contributed by atoms with E-state index in [9.17, 15) is 18.0 Å². The first-order valence-electron chi connectivity index (χ1n) is 9.48. The molecule has 160 valence electrons. The Labute approximate surface area is 181 Å². The number of hydrogen-bond donors (Lipinski definition) is 0. The fourth-order valence-electron chi connectivity index (χ4n) is 3.29. The Balaban J connectivity index is 1.55. The zero-order valence-corrected chi connectivity index (χ0v) is 16.9. The van der Waals surface area contributed by atoms with E-state index in [1.54, 1.807) is 46.2 Å². The molecule has 1 amide bonds. The summed E-state index contributed by atoms with van der Waals surface area (Å²) < 4.78 is 40.3. The van der Waals surface area contributed by atoms with Crippen LogP contribution in [0.1, 0.15) is 16.1 Å². The molecule has 3 heterocycles. The van der Waals surface area contributed by atoms with Crippen molar-refractivity contribution in [3.8, 4) is 11.4 Å². The van der Waals surface area contributed by atoms with Crippen molar-refractivity contribution in [1.82, 2.24) is 19.9 Å². The number of pyridine rings is 1. The van der Waals surface area contributed by atoms with Crippen molar-refractivity contribution >= 4 is 23.3 Å². The minimum absolute atomic E-state index is 0.0214. The highest BCUT2D eigenvalue weighted by Crippen LogP contribution is 2.32. The van der Waals surface area contributed by atoms with Crippen molar-refractivity contribution in [2.75, 3.05) is 31.1 Å². The number of piperazine rings is 1. The summed E-state index contributed by atoms with van der Waals surface area (Å²) in [5.74, 6) is 0.00656. The lowest BCUT2D eigenvalue weighted by Gasteiger charge is -2.35. The molecule has 31 heavy (non-hydrogen) atoms. The molecule has 0 radical (unpaired) electrons. The molecule has 2 aromatic heterocycles. The second-order valence-electron chi connectivity index (χ2n) is 6.95. The zero-order chi connectivity index (χ0) is 22.0. The van der Waals surface area contributed by atoms with Crippen LogP contribution in [0, 0.1) is 0 Å². The van der Waals surface area contributed by atoms with Gasteiger partial charge < -0.3 is 9.80 Å². The molecule has 0 N–H and O–H groups in total. The van der Waals surface area contributed by atoms with Crippen molar-refractivity contribution in [3.63, 3.8) is 0 Å². The van der Waals surface area contributed by atoms with Crippen LogP contribution in [0.25, 0.3) is 11.4 Å². The van der Waals surface area contributed by atoms with Gasteiger partial charge in [-0.2, -0.15) is 13.2 Å². The summed E-state index contributed by atoms with van der Waals surface area (Å²) >= 11 is 5.86. The fourth-order valence-corrected chi connectivity index (χ4v) is 3.41. The van der Waals surface area contributed by atoms with E-state index in [1.807, 2.05) is 0 Å². The van der Waals surface area contributed by atoms with Gasteiger partial charge in [-0.1, -0.05) is 11.6 Å². The first kappa shape index (κ1) is 21.0. The van der Waals surface area contributed by atoms with Gasteiger partial charge in [0.2, 0.25) is 0 Å². The van der Waals surface area contributed by atoms with Crippen LogP contribution in [0.2, 0.25) is 5.02 Å². The summed E-state index contributed by atoms with van der Waals surface area (Å²) in [4.78, 5) is 28.0. The Hall–Kier alpha value is -3.20. The molecule has 0 aliphatic carbocycles. The summed E-state index contributed by atoms with van der Waals surface area (Å²) in [5, 5.41) is 0.538. The first-order chi connectivity index (χ1) is 14.8. The molecular formula is C21H17ClF3N5O. The maximum atomic E-state index is 13.4. The molecule has 1 saturated heterocycles. The number of anilines is 1. The van der Waals surface area contributed by atoms with Crippen molar-refractivity contribution in [2.45, 2.75) is 6.18 Å². The molecule has 3 aromatic rings. The van der Waals surface area contributed by atoms with Crippen molar-refractivity contribution < 1.29 is 18.0 Å². The van der Waals surface area contributed by atoms with Crippen LogP contribution in [-0.4, -0.2) is 51.9 Å². The smallest absolute Gasteiger partial charge is 0.353 e. The largest absolute Gasteiger partial charge is 0.433 e. The van der Waals surface area contributed by atoms with Gasteiger partial charge in [0.15, 0.2) is 11.5 Å². The predicted molar refractivity (Wildman–Crippen MR) is 110 cm³/mol. The highest BCUT2D eigenvalue weighted by Gasteiger charge is 2.35. The molecule has 0 bridgehead atoms. The highest BCUT2D eigenvalue weighted by molar-refractivity contribution is 6.30. The third kappa shape index (κ3) is 4.77. The van der Waals surface area contributed by atoms with Crippen LogP contribution >= 0.6 is 11.6 Å². The Morgan fingerprint density at radius 3 is 2.19 bits per heavy atom. The number of hydrogen-bond acceptors (Lipinski definition) is 5. The van der Waals surface area contributed by atoms with Gasteiger partial charge in [-0.05, 0) is 36.4 Å². The summed E-state index contributed by atoms with van der Waals surface area (Å²) in [6.45, 7) is 1.42. The Bertz CT molecular complexity index is 1070. The fraction of sp³-hybridized carbons (Fsp3) is 0.238. The van der Waals surface area contributed by atoms with E-state index in [2.05, 4.69) is 15.0 Å². The topological polar surface area (TPSA) is 62.2 Å². The lowest BCUT2D eigenvalue weighted by molar-refractivity contribution is -0.141. The van der Waals surface area contributed by atoms with Crippen LogP contribution in [-0.2, 0) is 6.18 Å². The first-order valence-corrected chi connectivity index (χ1v) is 9.85. The standard InChI is InChI=1S/C21H17ClF3N5O/c22-16-3-1-15(2-4-16)20(31)30-11-9-29(10-12-30)18-13-17(21(23,24)25)27-19(28-18)14-5-7-26-8-6-14/h1-8,13H,9-12H2. The Kier molecular flexibility index (Phi) is 5.77. The Morgan fingerprint density at radius 2 is 1.58 bits per heavy atom. The summed E-state index contributed by atoms with van der Waals surface area (Å²) in [5.41, 5.74) is -0.0536. The minimum atomic E-state index is -4.61. The molecule has 1 fully saturated rings. The molecule has 0 unspecified atom stereocenters. The quantitative estimate of drug-likeness (QED) is 0.603. The number of alkyl halides is 3. The highest BCUT2D eigenvalue weighted by atomic mass is 35.5. The molecule has 1 aliphatic rings. The van der Waals surface area contributed by atoms with Crippen LogP contribution in [0.15, 0.2) is 54.9 Å². The van der Waals surface area contributed by atoms with Gasteiger partial charge in [-0.25, -0.2) is 9.97 Å².